The van der Waals surface area contributed by atoms with Crippen LogP contribution in [0.15, 0.2) is 0 Å². The summed E-state index contributed by atoms with van der Waals surface area (Å²) < 4.78 is 11.5. The Morgan fingerprint density at radius 2 is 1.95 bits per heavy atom. The molecular weight excluding hydrogens is 260 g/mol. The normalized spacial score (nSPS) is 45.3. The molecule has 2 rings (SSSR count). The Bertz CT molecular complexity index is 319. The van der Waals surface area contributed by atoms with Crippen molar-refractivity contribution in [2.24, 2.45) is 11.3 Å². The van der Waals surface area contributed by atoms with Crippen LogP contribution in [0.1, 0.15) is 46.5 Å². The van der Waals surface area contributed by atoms with Crippen molar-refractivity contribution in [2.75, 3.05) is 6.61 Å². The number of ether oxygens (including phenoxy) is 2. The van der Waals surface area contributed by atoms with Crippen LogP contribution in [0.25, 0.3) is 0 Å². The highest BCUT2D eigenvalue weighted by Gasteiger charge is 2.40. The molecule has 5 heteroatoms. The second-order valence-electron chi connectivity index (χ2n) is 7.00. The summed E-state index contributed by atoms with van der Waals surface area (Å²) in [6.07, 6.45) is 0.225. The zero-order chi connectivity index (χ0) is 14.9. The predicted molar refractivity (Wildman–Crippen MR) is 74.0 cm³/mol. The first-order valence-corrected chi connectivity index (χ1v) is 7.61. The molecule has 3 N–H and O–H groups in total. The molecule has 6 atom stereocenters. The standard InChI is InChI=1S/C15H28O5/c1-9-6-10(4-5-15(9,2)3)19-13-7-11(17)14(18)12(8-16)20-13/h9-14,16-18H,4-8H2,1-3H3/t9?,10-,11+,12+,13?,14-/m0/s1. The molecule has 2 unspecified atom stereocenters. The van der Waals surface area contributed by atoms with Crippen LogP contribution < -0.4 is 0 Å². The van der Waals surface area contributed by atoms with Crippen molar-refractivity contribution in [3.63, 3.8) is 0 Å². The van der Waals surface area contributed by atoms with Crippen molar-refractivity contribution >= 4 is 0 Å². The van der Waals surface area contributed by atoms with Gasteiger partial charge in [0.25, 0.3) is 0 Å². The lowest BCUT2D eigenvalue weighted by Crippen LogP contribution is -2.51. The highest BCUT2D eigenvalue weighted by molar-refractivity contribution is 4.86. The molecule has 0 aromatic rings. The maximum atomic E-state index is 9.79. The second kappa shape index (κ2) is 6.28. The van der Waals surface area contributed by atoms with E-state index in [-0.39, 0.29) is 19.1 Å². The lowest BCUT2D eigenvalue weighted by molar-refractivity contribution is -0.274. The number of hydrogen-bond donors (Lipinski definition) is 3. The van der Waals surface area contributed by atoms with Gasteiger partial charge in [-0.1, -0.05) is 20.8 Å². The summed E-state index contributed by atoms with van der Waals surface area (Å²) >= 11 is 0. The molecule has 2 fully saturated rings. The average molecular weight is 288 g/mol. The summed E-state index contributed by atoms with van der Waals surface area (Å²) in [5.41, 5.74) is 0.344. The minimum Gasteiger partial charge on any atom is -0.394 e. The predicted octanol–water partition coefficient (Wildman–Crippen LogP) is 1.05. The topological polar surface area (TPSA) is 79.2 Å². The van der Waals surface area contributed by atoms with Gasteiger partial charge in [0.1, 0.15) is 12.2 Å². The Hall–Kier alpha value is -0.200. The summed E-state index contributed by atoms with van der Waals surface area (Å²) in [6.45, 7) is 6.50. The highest BCUT2D eigenvalue weighted by atomic mass is 16.7. The third kappa shape index (κ3) is 3.52. The van der Waals surface area contributed by atoms with Gasteiger partial charge in [-0.05, 0) is 30.6 Å². The van der Waals surface area contributed by atoms with Gasteiger partial charge >= 0.3 is 0 Å². The van der Waals surface area contributed by atoms with Gasteiger partial charge in [0.2, 0.25) is 0 Å². The molecule has 1 saturated heterocycles. The van der Waals surface area contributed by atoms with E-state index < -0.39 is 24.6 Å². The molecule has 0 spiro atoms. The van der Waals surface area contributed by atoms with Crippen LogP contribution in [-0.2, 0) is 9.47 Å². The van der Waals surface area contributed by atoms with Crippen LogP contribution >= 0.6 is 0 Å². The molecule has 1 aliphatic carbocycles. The van der Waals surface area contributed by atoms with Crippen molar-refractivity contribution in [2.45, 2.75) is 77.2 Å². The van der Waals surface area contributed by atoms with Crippen LogP contribution in [0.2, 0.25) is 0 Å². The molecule has 5 nitrogen and oxygen atoms in total. The number of hydrogen-bond acceptors (Lipinski definition) is 5. The van der Waals surface area contributed by atoms with Crippen LogP contribution in [0, 0.1) is 11.3 Å². The molecule has 1 aliphatic heterocycles. The van der Waals surface area contributed by atoms with E-state index in [1.165, 1.54) is 0 Å². The first kappa shape index (κ1) is 16.2. The van der Waals surface area contributed by atoms with Gasteiger partial charge in [-0.15, -0.1) is 0 Å². The van der Waals surface area contributed by atoms with E-state index in [2.05, 4.69) is 20.8 Å². The van der Waals surface area contributed by atoms with E-state index in [1.54, 1.807) is 0 Å². The third-order valence-electron chi connectivity index (χ3n) is 5.12. The summed E-state index contributed by atoms with van der Waals surface area (Å²) in [7, 11) is 0. The van der Waals surface area contributed by atoms with E-state index in [0.29, 0.717) is 11.3 Å². The quantitative estimate of drug-likeness (QED) is 0.723. The van der Waals surface area contributed by atoms with Crippen LogP contribution in [0.5, 0.6) is 0 Å². The monoisotopic (exact) mass is 288 g/mol. The van der Waals surface area contributed by atoms with Gasteiger partial charge < -0.3 is 24.8 Å². The van der Waals surface area contributed by atoms with Crippen LogP contribution in [-0.4, -0.2) is 52.6 Å². The summed E-state index contributed by atoms with van der Waals surface area (Å²) in [5, 5.41) is 28.6. The highest BCUT2D eigenvalue weighted by Crippen LogP contribution is 2.41. The molecule has 1 saturated carbocycles. The molecule has 0 aromatic heterocycles. The Balaban J connectivity index is 1.88. The van der Waals surface area contributed by atoms with E-state index in [9.17, 15) is 10.2 Å². The SMILES string of the molecule is CC1C[C@@H](OC2C[C@@H](O)[C@H](O)[C@@H](CO)O2)CCC1(C)C. The fourth-order valence-electron chi connectivity index (χ4n) is 3.10. The summed E-state index contributed by atoms with van der Waals surface area (Å²) in [5.74, 6) is 0.578. The first-order valence-electron chi connectivity index (χ1n) is 7.61. The minimum atomic E-state index is -1.04. The van der Waals surface area contributed by atoms with E-state index >= 15 is 0 Å². The molecule has 118 valence electrons. The maximum absolute atomic E-state index is 9.79. The third-order valence-corrected chi connectivity index (χ3v) is 5.12. The number of rotatable bonds is 3. The van der Waals surface area contributed by atoms with Crippen LogP contribution in [0.4, 0.5) is 0 Å². The summed E-state index contributed by atoms with van der Waals surface area (Å²) in [6, 6.07) is 0. The van der Waals surface area contributed by atoms with Crippen molar-refractivity contribution < 1.29 is 24.8 Å². The molecule has 2 aliphatic rings. The molecule has 20 heavy (non-hydrogen) atoms. The van der Waals surface area contributed by atoms with Gasteiger partial charge in [-0.25, -0.2) is 0 Å². The molecule has 0 radical (unpaired) electrons. The molecular formula is C15H28O5. The molecule has 1 heterocycles. The van der Waals surface area contributed by atoms with Crippen molar-refractivity contribution in [3.05, 3.63) is 0 Å². The van der Waals surface area contributed by atoms with E-state index in [4.69, 9.17) is 14.6 Å². The van der Waals surface area contributed by atoms with Crippen molar-refractivity contribution in [3.8, 4) is 0 Å². The smallest absolute Gasteiger partial charge is 0.161 e. The first-order chi connectivity index (χ1) is 9.33. The summed E-state index contributed by atoms with van der Waals surface area (Å²) in [4.78, 5) is 0. The number of aliphatic hydroxyl groups is 3. The zero-order valence-corrected chi connectivity index (χ0v) is 12.7. The van der Waals surface area contributed by atoms with Gasteiger partial charge in [0.05, 0.1) is 18.8 Å². The van der Waals surface area contributed by atoms with Gasteiger partial charge in [0, 0.05) is 6.42 Å². The zero-order valence-electron chi connectivity index (χ0n) is 12.7. The van der Waals surface area contributed by atoms with Crippen LogP contribution in [0.3, 0.4) is 0 Å². The molecule has 0 amide bonds. The second-order valence-corrected chi connectivity index (χ2v) is 7.00. The van der Waals surface area contributed by atoms with Gasteiger partial charge in [-0.2, -0.15) is 0 Å². The fourth-order valence-corrected chi connectivity index (χ4v) is 3.10. The van der Waals surface area contributed by atoms with Crippen molar-refractivity contribution in [1.82, 2.24) is 0 Å². The average Bonchev–Trinajstić information content (AvgIpc) is 2.38. The largest absolute Gasteiger partial charge is 0.394 e. The lowest BCUT2D eigenvalue weighted by atomic mass is 9.69. The Morgan fingerprint density at radius 3 is 2.55 bits per heavy atom. The fraction of sp³-hybridized carbons (Fsp3) is 1.00. The maximum Gasteiger partial charge on any atom is 0.161 e. The van der Waals surface area contributed by atoms with E-state index in [1.807, 2.05) is 0 Å². The Kier molecular flexibility index (Phi) is 5.08. The number of aliphatic hydroxyl groups excluding tert-OH is 3. The molecule has 0 bridgehead atoms. The van der Waals surface area contributed by atoms with Crippen molar-refractivity contribution in [1.29, 1.82) is 0 Å². The van der Waals surface area contributed by atoms with Gasteiger partial charge in [0.15, 0.2) is 6.29 Å². The lowest BCUT2D eigenvalue weighted by Gasteiger charge is -2.43. The minimum absolute atomic E-state index is 0.129. The Morgan fingerprint density at radius 1 is 1.25 bits per heavy atom. The van der Waals surface area contributed by atoms with Gasteiger partial charge in [-0.3, -0.25) is 0 Å². The molecule has 0 aromatic carbocycles. The van der Waals surface area contributed by atoms with E-state index in [0.717, 1.165) is 19.3 Å². The Labute approximate surface area is 120 Å².